The molecule has 1 aromatic rings. The van der Waals surface area contributed by atoms with Gasteiger partial charge in [-0.25, -0.2) is 0 Å². The third-order valence-corrected chi connectivity index (χ3v) is 4.08. The highest BCUT2D eigenvalue weighted by molar-refractivity contribution is 5.76. The lowest BCUT2D eigenvalue weighted by molar-refractivity contribution is -0.121. The molecule has 1 fully saturated rings. The highest BCUT2D eigenvalue weighted by atomic mass is 16.3. The van der Waals surface area contributed by atoms with Gasteiger partial charge in [-0.05, 0) is 24.0 Å². The van der Waals surface area contributed by atoms with E-state index in [9.17, 15) is 9.90 Å². The third kappa shape index (κ3) is 3.81. The maximum Gasteiger partial charge on any atom is 0.220 e. The van der Waals surface area contributed by atoms with Crippen molar-refractivity contribution in [1.82, 2.24) is 10.6 Å². The Kier molecular flexibility index (Phi) is 5.15. The highest BCUT2D eigenvalue weighted by Crippen LogP contribution is 2.22. The van der Waals surface area contributed by atoms with Gasteiger partial charge in [0, 0.05) is 32.0 Å². The predicted molar refractivity (Wildman–Crippen MR) is 79.6 cm³/mol. The number of benzene rings is 1. The van der Waals surface area contributed by atoms with Gasteiger partial charge in [0.2, 0.25) is 5.91 Å². The average molecular weight is 276 g/mol. The largest absolute Gasteiger partial charge is 0.391 e. The van der Waals surface area contributed by atoms with E-state index < -0.39 is 0 Å². The Balaban J connectivity index is 1.81. The number of hydrogen-bond donors (Lipinski definition) is 3. The fourth-order valence-electron chi connectivity index (χ4n) is 2.77. The molecule has 1 aliphatic rings. The number of carbonyl (C=O) groups is 1. The van der Waals surface area contributed by atoms with E-state index in [1.54, 1.807) is 0 Å². The van der Waals surface area contributed by atoms with Gasteiger partial charge in [0.15, 0.2) is 0 Å². The molecule has 1 heterocycles. The van der Waals surface area contributed by atoms with Crippen LogP contribution in [0.4, 0.5) is 0 Å². The van der Waals surface area contributed by atoms with E-state index in [4.69, 9.17) is 0 Å². The third-order valence-electron chi connectivity index (χ3n) is 4.08. The van der Waals surface area contributed by atoms with Crippen LogP contribution in [0.3, 0.4) is 0 Å². The molecule has 3 atom stereocenters. The molecule has 20 heavy (non-hydrogen) atoms. The number of hydrogen-bond acceptors (Lipinski definition) is 3. The molecule has 1 aromatic carbocycles. The maximum atomic E-state index is 12.0. The summed E-state index contributed by atoms with van der Waals surface area (Å²) in [6, 6.07) is 8.18. The minimum atomic E-state index is -0.343. The molecule has 0 bridgehead atoms. The van der Waals surface area contributed by atoms with Crippen LogP contribution >= 0.6 is 0 Å². The summed E-state index contributed by atoms with van der Waals surface area (Å²) in [4.78, 5) is 12.0. The van der Waals surface area contributed by atoms with E-state index >= 15 is 0 Å². The van der Waals surface area contributed by atoms with Gasteiger partial charge in [0.25, 0.3) is 0 Å². The molecular weight excluding hydrogens is 252 g/mol. The van der Waals surface area contributed by atoms with Crippen molar-refractivity contribution < 1.29 is 9.90 Å². The lowest BCUT2D eigenvalue weighted by Gasteiger charge is -2.17. The van der Waals surface area contributed by atoms with Crippen LogP contribution in [0, 0.1) is 12.8 Å². The van der Waals surface area contributed by atoms with Crippen LogP contribution in [-0.2, 0) is 4.79 Å². The van der Waals surface area contributed by atoms with Crippen molar-refractivity contribution in [2.45, 2.75) is 32.3 Å². The van der Waals surface area contributed by atoms with Crippen LogP contribution in [0.25, 0.3) is 0 Å². The van der Waals surface area contributed by atoms with E-state index in [1.807, 2.05) is 12.1 Å². The Morgan fingerprint density at radius 2 is 2.20 bits per heavy atom. The summed E-state index contributed by atoms with van der Waals surface area (Å²) in [5, 5.41) is 15.7. The quantitative estimate of drug-likeness (QED) is 0.757. The van der Waals surface area contributed by atoms with Gasteiger partial charge < -0.3 is 15.7 Å². The zero-order chi connectivity index (χ0) is 14.5. The van der Waals surface area contributed by atoms with Gasteiger partial charge in [-0.3, -0.25) is 4.79 Å². The van der Waals surface area contributed by atoms with E-state index in [-0.39, 0.29) is 23.8 Å². The second kappa shape index (κ2) is 6.86. The zero-order valence-corrected chi connectivity index (χ0v) is 12.2. The van der Waals surface area contributed by atoms with Crippen LogP contribution in [-0.4, -0.2) is 36.8 Å². The molecule has 0 saturated carbocycles. The molecule has 0 aromatic heterocycles. The number of carbonyl (C=O) groups excluding carboxylic acids is 1. The van der Waals surface area contributed by atoms with Gasteiger partial charge in [-0.2, -0.15) is 0 Å². The fourth-order valence-corrected chi connectivity index (χ4v) is 2.77. The maximum absolute atomic E-state index is 12.0. The van der Waals surface area contributed by atoms with E-state index in [0.717, 1.165) is 6.54 Å². The number of aliphatic hydroxyl groups is 1. The first-order valence-electron chi connectivity index (χ1n) is 7.29. The molecule has 3 unspecified atom stereocenters. The SMILES string of the molecule is Cc1ccccc1C(C)CC(=O)NCC1CNCC1O. The van der Waals surface area contributed by atoms with Crippen LogP contribution < -0.4 is 10.6 Å². The topological polar surface area (TPSA) is 61.4 Å². The molecule has 4 heteroatoms. The number of β-amino-alcohol motifs (C(OH)–C–C–N with tert-alkyl or cyclic N) is 1. The standard InChI is InChI=1S/C16H24N2O2/c1-11-5-3-4-6-14(11)12(2)7-16(20)18-9-13-8-17-10-15(13)19/h3-6,12-13,15,17,19H,7-10H2,1-2H3,(H,18,20). The molecule has 0 spiro atoms. The number of nitrogens with one attached hydrogen (secondary N) is 2. The Morgan fingerprint density at radius 3 is 2.85 bits per heavy atom. The molecule has 110 valence electrons. The second-order valence-electron chi connectivity index (χ2n) is 5.75. The number of aliphatic hydroxyl groups excluding tert-OH is 1. The van der Waals surface area contributed by atoms with Gasteiger partial charge in [-0.1, -0.05) is 31.2 Å². The highest BCUT2D eigenvalue weighted by Gasteiger charge is 2.25. The minimum Gasteiger partial charge on any atom is -0.391 e. The average Bonchev–Trinajstić information content (AvgIpc) is 2.82. The van der Waals surface area contributed by atoms with Crippen LogP contribution in [0.1, 0.15) is 30.4 Å². The molecule has 3 N–H and O–H groups in total. The first-order valence-corrected chi connectivity index (χ1v) is 7.29. The molecule has 1 aliphatic heterocycles. The van der Waals surface area contributed by atoms with Gasteiger partial charge >= 0.3 is 0 Å². The van der Waals surface area contributed by atoms with Crippen LogP contribution in [0.15, 0.2) is 24.3 Å². The summed E-state index contributed by atoms with van der Waals surface area (Å²) in [5.74, 6) is 0.399. The number of rotatable bonds is 5. The van der Waals surface area contributed by atoms with E-state index in [1.165, 1.54) is 11.1 Å². The molecule has 2 rings (SSSR count). The Labute approximate surface area is 120 Å². The molecular formula is C16H24N2O2. The fraction of sp³-hybridized carbons (Fsp3) is 0.562. The summed E-state index contributed by atoms with van der Waals surface area (Å²) < 4.78 is 0. The molecule has 4 nitrogen and oxygen atoms in total. The van der Waals surface area contributed by atoms with Gasteiger partial charge in [0.05, 0.1) is 6.10 Å². The minimum absolute atomic E-state index is 0.0554. The van der Waals surface area contributed by atoms with Crippen molar-refractivity contribution in [2.24, 2.45) is 5.92 Å². The van der Waals surface area contributed by atoms with Crippen LogP contribution in [0.5, 0.6) is 0 Å². The number of amides is 1. The normalized spacial score (nSPS) is 23.6. The Hall–Kier alpha value is -1.39. The summed E-state index contributed by atoms with van der Waals surface area (Å²) in [5.41, 5.74) is 2.45. The van der Waals surface area contributed by atoms with Crippen molar-refractivity contribution in [3.05, 3.63) is 35.4 Å². The smallest absolute Gasteiger partial charge is 0.220 e. The molecule has 1 saturated heterocycles. The van der Waals surface area contributed by atoms with Crippen LogP contribution in [0.2, 0.25) is 0 Å². The lowest BCUT2D eigenvalue weighted by atomic mass is 9.93. The Bertz CT molecular complexity index is 462. The summed E-state index contributed by atoms with van der Waals surface area (Å²) in [6.07, 6.45) is 0.144. The van der Waals surface area contributed by atoms with E-state index in [0.29, 0.717) is 19.5 Å². The molecule has 0 radical (unpaired) electrons. The second-order valence-corrected chi connectivity index (χ2v) is 5.75. The number of aryl methyl sites for hydroxylation is 1. The molecule has 1 amide bonds. The van der Waals surface area contributed by atoms with Crippen molar-refractivity contribution in [2.75, 3.05) is 19.6 Å². The van der Waals surface area contributed by atoms with Gasteiger partial charge in [0.1, 0.15) is 0 Å². The lowest BCUT2D eigenvalue weighted by Crippen LogP contribution is -2.34. The Morgan fingerprint density at radius 1 is 1.45 bits per heavy atom. The van der Waals surface area contributed by atoms with Crippen molar-refractivity contribution >= 4 is 5.91 Å². The first-order chi connectivity index (χ1) is 9.58. The first kappa shape index (κ1) is 15.0. The van der Waals surface area contributed by atoms with Crippen molar-refractivity contribution in [3.63, 3.8) is 0 Å². The van der Waals surface area contributed by atoms with Crippen molar-refractivity contribution in [1.29, 1.82) is 0 Å². The predicted octanol–water partition coefficient (Wildman–Crippen LogP) is 1.19. The van der Waals surface area contributed by atoms with Crippen molar-refractivity contribution in [3.8, 4) is 0 Å². The molecule has 0 aliphatic carbocycles. The van der Waals surface area contributed by atoms with Gasteiger partial charge in [-0.15, -0.1) is 0 Å². The summed E-state index contributed by atoms with van der Waals surface area (Å²) in [6.45, 7) is 6.10. The summed E-state index contributed by atoms with van der Waals surface area (Å²) in [7, 11) is 0. The summed E-state index contributed by atoms with van der Waals surface area (Å²) >= 11 is 0. The van der Waals surface area contributed by atoms with E-state index in [2.05, 4.69) is 36.6 Å². The monoisotopic (exact) mass is 276 g/mol. The zero-order valence-electron chi connectivity index (χ0n) is 12.2.